The number of unbranched alkanes of at least 4 members (excludes halogenated alkanes) is 12. The van der Waals surface area contributed by atoms with Gasteiger partial charge in [-0.15, -0.1) is 0 Å². The minimum Gasteiger partial charge on any atom is -0.481 e. The molecular formula is C22H32O8. The first-order valence-electron chi connectivity index (χ1n) is 12.0. The number of fused-ring (bicyclic) bond motifs is 2. The van der Waals surface area contributed by atoms with Gasteiger partial charge in [-0.3, -0.25) is 28.5 Å². The molecule has 168 valence electrons. The monoisotopic (exact) mass is 424 g/mol. The van der Waals surface area contributed by atoms with Crippen LogP contribution in [0, 0.1) is 0 Å². The van der Waals surface area contributed by atoms with Crippen LogP contribution in [0.2, 0.25) is 0 Å². The first-order valence-corrected chi connectivity index (χ1v) is 12.0. The molecule has 0 aliphatic carbocycles. The highest BCUT2D eigenvalue weighted by atomic mass is 17.3. The summed E-state index contributed by atoms with van der Waals surface area (Å²) in [7, 11) is 0. The van der Waals surface area contributed by atoms with Crippen molar-refractivity contribution in [1.82, 2.24) is 0 Å². The minimum absolute atomic E-state index is 0.119. The average molecular weight is 424 g/mol. The maximum Gasteiger partial charge on any atom is 0.355 e. The second-order valence-electron chi connectivity index (χ2n) is 9.72. The molecule has 30 heavy (non-hydrogen) atoms. The number of carboxylic acids is 1. The molecule has 4 unspecified atom stereocenters. The molecule has 6 aliphatic rings. The predicted octanol–water partition coefficient (Wildman–Crippen LogP) is 3.91. The van der Waals surface area contributed by atoms with Gasteiger partial charge >= 0.3 is 23.5 Å². The first-order chi connectivity index (χ1) is 14.6. The Kier molecular flexibility index (Phi) is 4.39. The quantitative estimate of drug-likeness (QED) is 0.293. The van der Waals surface area contributed by atoms with Gasteiger partial charge in [-0.2, -0.15) is 0 Å². The van der Waals surface area contributed by atoms with E-state index in [9.17, 15) is 4.79 Å². The Morgan fingerprint density at radius 3 is 1.67 bits per heavy atom. The van der Waals surface area contributed by atoms with Crippen molar-refractivity contribution < 1.29 is 38.3 Å². The molecule has 6 aliphatic heterocycles. The van der Waals surface area contributed by atoms with E-state index in [-0.39, 0.29) is 6.10 Å². The Hall–Kier alpha value is -0.770. The summed E-state index contributed by atoms with van der Waals surface area (Å²) < 4.78 is 33.7. The van der Waals surface area contributed by atoms with E-state index in [1.165, 1.54) is 64.2 Å². The summed E-state index contributed by atoms with van der Waals surface area (Å²) in [4.78, 5) is 10.4. The molecule has 3 spiro atoms. The van der Waals surface area contributed by atoms with Crippen molar-refractivity contribution in [1.29, 1.82) is 0 Å². The van der Waals surface area contributed by atoms with Crippen LogP contribution in [0.25, 0.3) is 0 Å². The van der Waals surface area contributed by atoms with E-state index in [1.807, 2.05) is 0 Å². The van der Waals surface area contributed by atoms with Crippen LogP contribution in [0.1, 0.15) is 96.3 Å². The molecule has 1 N–H and O–H groups in total. The van der Waals surface area contributed by atoms with Crippen molar-refractivity contribution >= 4 is 5.97 Å². The van der Waals surface area contributed by atoms with Gasteiger partial charge < -0.3 is 9.84 Å². The van der Waals surface area contributed by atoms with Crippen molar-refractivity contribution in [2.24, 2.45) is 0 Å². The SMILES string of the molecule is O=C(O)CCCCCCCCCCCCCCCC1OC12OC21OC12OC13OC12O3. The Balaban J connectivity index is 0.727. The third-order valence-corrected chi connectivity index (χ3v) is 7.52. The fourth-order valence-electron chi connectivity index (χ4n) is 5.47. The third-order valence-electron chi connectivity index (χ3n) is 7.52. The molecule has 8 heteroatoms. The van der Waals surface area contributed by atoms with Crippen LogP contribution in [-0.2, 0) is 33.2 Å². The Bertz CT molecular complexity index is 720. The van der Waals surface area contributed by atoms with Gasteiger partial charge in [0.25, 0.3) is 11.6 Å². The van der Waals surface area contributed by atoms with E-state index in [2.05, 4.69) is 0 Å². The van der Waals surface area contributed by atoms with Crippen LogP contribution in [0.15, 0.2) is 0 Å². The lowest BCUT2D eigenvalue weighted by Crippen LogP contribution is -2.41. The lowest BCUT2D eigenvalue weighted by molar-refractivity contribution is -0.166. The molecule has 0 radical (unpaired) electrons. The zero-order valence-corrected chi connectivity index (χ0v) is 17.5. The summed E-state index contributed by atoms with van der Waals surface area (Å²) in [5.41, 5.74) is 0. The second kappa shape index (κ2) is 6.62. The van der Waals surface area contributed by atoms with Gasteiger partial charge in [0.15, 0.2) is 0 Å². The van der Waals surface area contributed by atoms with Crippen LogP contribution in [0.3, 0.4) is 0 Å². The molecule has 0 aromatic heterocycles. The molecule has 0 bridgehead atoms. The molecule has 6 saturated heterocycles. The number of aliphatic carboxylic acids is 1. The summed E-state index contributed by atoms with van der Waals surface area (Å²) in [6.07, 6.45) is 17.3. The second-order valence-corrected chi connectivity index (χ2v) is 9.72. The van der Waals surface area contributed by atoms with Crippen LogP contribution >= 0.6 is 0 Å². The third kappa shape index (κ3) is 2.64. The highest BCUT2D eigenvalue weighted by Gasteiger charge is 3.27. The van der Waals surface area contributed by atoms with E-state index in [0.717, 1.165) is 25.7 Å². The minimum atomic E-state index is -0.838. The number of carboxylic acid groups (broad SMARTS) is 1. The van der Waals surface area contributed by atoms with Crippen molar-refractivity contribution in [2.45, 2.75) is 132 Å². The number of ether oxygens (including phenoxy) is 6. The Morgan fingerprint density at radius 2 is 1.17 bits per heavy atom. The predicted molar refractivity (Wildman–Crippen MR) is 101 cm³/mol. The Morgan fingerprint density at radius 1 is 0.633 bits per heavy atom. The van der Waals surface area contributed by atoms with Gasteiger partial charge in [0.2, 0.25) is 0 Å². The van der Waals surface area contributed by atoms with Gasteiger partial charge in [-0.1, -0.05) is 77.0 Å². The lowest BCUT2D eigenvalue weighted by atomic mass is 10.0. The summed E-state index contributed by atoms with van der Waals surface area (Å²) in [5, 5.41) is 8.59. The molecule has 0 aromatic rings. The van der Waals surface area contributed by atoms with Gasteiger partial charge in [0.1, 0.15) is 6.10 Å². The summed E-state index contributed by atoms with van der Waals surface area (Å²) in [5.74, 6) is -4.29. The number of rotatable bonds is 16. The van der Waals surface area contributed by atoms with Crippen LogP contribution in [0.4, 0.5) is 0 Å². The van der Waals surface area contributed by atoms with E-state index < -0.39 is 35.1 Å². The van der Waals surface area contributed by atoms with Crippen LogP contribution in [-0.4, -0.2) is 46.3 Å². The lowest BCUT2D eigenvalue weighted by Gasteiger charge is -2.07. The highest BCUT2D eigenvalue weighted by molar-refractivity contribution is 5.66. The summed E-state index contributed by atoms with van der Waals surface area (Å²) in [6.45, 7) is 0. The molecular weight excluding hydrogens is 392 g/mol. The van der Waals surface area contributed by atoms with E-state index in [1.54, 1.807) is 0 Å². The van der Waals surface area contributed by atoms with E-state index in [4.69, 9.17) is 33.5 Å². The van der Waals surface area contributed by atoms with Crippen molar-refractivity contribution in [3.8, 4) is 0 Å². The van der Waals surface area contributed by atoms with Gasteiger partial charge in [-0.25, -0.2) is 0 Å². The normalized spacial score (nSPS) is 47.1. The maximum atomic E-state index is 10.4. The number of hydrogen-bond acceptors (Lipinski definition) is 7. The van der Waals surface area contributed by atoms with Gasteiger partial charge in [0, 0.05) is 6.42 Å². The Labute approximate surface area is 176 Å². The standard InChI is InChI=1S/C22H32O8/c23-17(24)15-13-11-9-7-5-3-1-2-4-6-8-10-12-14-16-18(25-16)19(26-18)20(27-19)21-22(28-20,29-21)30-21/h16H,1-15H2,(H,23,24). The maximum absolute atomic E-state index is 10.4. The van der Waals surface area contributed by atoms with E-state index in [0.29, 0.717) is 6.42 Å². The molecule has 8 nitrogen and oxygen atoms in total. The molecule has 4 atom stereocenters. The van der Waals surface area contributed by atoms with Crippen molar-refractivity contribution in [2.75, 3.05) is 0 Å². The summed E-state index contributed by atoms with van der Waals surface area (Å²) >= 11 is 0. The topological polar surface area (TPSA) is 109 Å². The smallest absolute Gasteiger partial charge is 0.355 e. The van der Waals surface area contributed by atoms with E-state index >= 15 is 0 Å². The fourth-order valence-corrected chi connectivity index (χ4v) is 5.47. The molecule has 0 amide bonds. The fraction of sp³-hybridized carbons (Fsp3) is 0.955. The van der Waals surface area contributed by atoms with Crippen molar-refractivity contribution in [3.05, 3.63) is 0 Å². The molecule has 0 saturated carbocycles. The molecule has 0 aromatic carbocycles. The van der Waals surface area contributed by atoms with Crippen molar-refractivity contribution in [3.63, 3.8) is 0 Å². The first kappa shape index (κ1) is 19.9. The number of hydrogen-bond donors (Lipinski definition) is 1. The van der Waals surface area contributed by atoms with Gasteiger partial charge in [-0.05, 0) is 12.8 Å². The molecule has 6 rings (SSSR count). The average Bonchev–Trinajstić information content (AvgIpc) is 3.55. The largest absolute Gasteiger partial charge is 0.481 e. The van der Waals surface area contributed by atoms with Crippen LogP contribution < -0.4 is 0 Å². The zero-order valence-electron chi connectivity index (χ0n) is 17.5. The molecule has 6 fully saturated rings. The zero-order chi connectivity index (χ0) is 20.5. The summed E-state index contributed by atoms with van der Waals surface area (Å²) in [6, 6.07) is 0. The number of carbonyl (C=O) groups is 1. The number of epoxide rings is 5. The van der Waals surface area contributed by atoms with Gasteiger partial charge in [0.05, 0.1) is 0 Å². The highest BCUT2D eigenvalue weighted by Crippen LogP contribution is 2.97. The molecule has 6 heterocycles. The van der Waals surface area contributed by atoms with Crippen LogP contribution in [0.5, 0.6) is 0 Å².